The molecule has 1 unspecified atom stereocenters. The Morgan fingerprint density at radius 2 is 2.05 bits per heavy atom. The molecule has 0 saturated heterocycles. The number of fused-ring (bicyclic) bond motifs is 1. The van der Waals surface area contributed by atoms with Gasteiger partial charge in [-0.3, -0.25) is 4.98 Å². The third-order valence-electron chi connectivity index (χ3n) is 3.07. The van der Waals surface area contributed by atoms with Crippen molar-refractivity contribution in [3.05, 3.63) is 30.5 Å². The van der Waals surface area contributed by atoms with E-state index in [1.807, 2.05) is 6.07 Å². The third-order valence-corrected chi connectivity index (χ3v) is 3.07. The summed E-state index contributed by atoms with van der Waals surface area (Å²) in [5.41, 5.74) is 1.32. The zero-order valence-electron chi connectivity index (χ0n) is 11.9. The molecule has 0 aliphatic heterocycles. The Hall–Kier alpha value is -1.98. The molecule has 0 aliphatic rings. The number of ether oxygens (including phenoxy) is 1. The fourth-order valence-corrected chi connectivity index (χ4v) is 2.22. The number of anilines is 1. The maximum Gasteiger partial charge on any atom is 0.573 e. The molecule has 0 aliphatic carbocycles. The van der Waals surface area contributed by atoms with Gasteiger partial charge in [0.05, 0.1) is 5.52 Å². The Labute approximate surface area is 121 Å². The second-order valence-electron chi connectivity index (χ2n) is 4.92. The number of hydrogen-bond donors (Lipinski definition) is 1. The standard InChI is InChI=1S/C15H17F3N2O/c1-3-4-10(2)20-13-7-8-19-14-9-11(5-6-12(13)14)21-15(16,17)18/h5-10H,3-4H2,1-2H3,(H,19,20). The number of halogens is 3. The molecule has 0 saturated carbocycles. The van der Waals surface area contributed by atoms with E-state index in [2.05, 4.69) is 28.9 Å². The highest BCUT2D eigenvalue weighted by atomic mass is 19.4. The molecular weight excluding hydrogens is 281 g/mol. The summed E-state index contributed by atoms with van der Waals surface area (Å²) < 4.78 is 40.6. The molecule has 0 fully saturated rings. The van der Waals surface area contributed by atoms with Crippen LogP contribution in [0, 0.1) is 0 Å². The monoisotopic (exact) mass is 298 g/mol. The minimum absolute atomic E-state index is 0.263. The first-order chi connectivity index (χ1) is 9.89. The Balaban J connectivity index is 2.29. The Kier molecular flexibility index (Phi) is 4.55. The van der Waals surface area contributed by atoms with E-state index in [0.717, 1.165) is 23.9 Å². The lowest BCUT2D eigenvalue weighted by Crippen LogP contribution is -2.17. The molecule has 1 aromatic heterocycles. The summed E-state index contributed by atoms with van der Waals surface area (Å²) in [6.45, 7) is 4.17. The highest BCUT2D eigenvalue weighted by molar-refractivity contribution is 5.91. The molecule has 0 spiro atoms. The Morgan fingerprint density at radius 1 is 1.29 bits per heavy atom. The van der Waals surface area contributed by atoms with E-state index in [1.165, 1.54) is 12.1 Å². The Morgan fingerprint density at radius 3 is 2.71 bits per heavy atom. The predicted octanol–water partition coefficient (Wildman–Crippen LogP) is 4.73. The van der Waals surface area contributed by atoms with Gasteiger partial charge >= 0.3 is 6.36 Å². The molecule has 0 bridgehead atoms. The second-order valence-corrected chi connectivity index (χ2v) is 4.92. The number of nitrogens with zero attached hydrogens (tertiary/aromatic N) is 1. The van der Waals surface area contributed by atoms with Crippen LogP contribution in [0.2, 0.25) is 0 Å². The van der Waals surface area contributed by atoms with Crippen LogP contribution < -0.4 is 10.1 Å². The summed E-state index contributed by atoms with van der Waals surface area (Å²) in [6.07, 6.45) is -1.06. The number of nitrogens with one attached hydrogen (secondary N) is 1. The van der Waals surface area contributed by atoms with Crippen LogP contribution >= 0.6 is 0 Å². The van der Waals surface area contributed by atoms with E-state index >= 15 is 0 Å². The molecule has 21 heavy (non-hydrogen) atoms. The van der Waals surface area contributed by atoms with Gasteiger partial charge < -0.3 is 10.1 Å². The molecular formula is C15H17F3N2O. The average molecular weight is 298 g/mol. The van der Waals surface area contributed by atoms with Crippen molar-refractivity contribution >= 4 is 16.6 Å². The van der Waals surface area contributed by atoms with E-state index in [9.17, 15) is 13.2 Å². The lowest BCUT2D eigenvalue weighted by atomic mass is 10.1. The fourth-order valence-electron chi connectivity index (χ4n) is 2.22. The fraction of sp³-hybridized carbons (Fsp3) is 0.400. The first-order valence-corrected chi connectivity index (χ1v) is 6.80. The molecule has 0 amide bonds. The summed E-state index contributed by atoms with van der Waals surface area (Å²) in [5, 5.41) is 4.12. The van der Waals surface area contributed by atoms with Crippen LogP contribution in [-0.4, -0.2) is 17.4 Å². The van der Waals surface area contributed by atoms with E-state index in [4.69, 9.17) is 0 Å². The highest BCUT2D eigenvalue weighted by Crippen LogP contribution is 2.29. The molecule has 2 aromatic rings. The van der Waals surface area contributed by atoms with Gasteiger partial charge in [-0.05, 0) is 31.5 Å². The van der Waals surface area contributed by atoms with E-state index in [-0.39, 0.29) is 11.8 Å². The number of pyridine rings is 1. The van der Waals surface area contributed by atoms with E-state index < -0.39 is 6.36 Å². The summed E-state index contributed by atoms with van der Waals surface area (Å²) in [6, 6.07) is 6.28. The van der Waals surface area contributed by atoms with Gasteiger partial charge in [-0.15, -0.1) is 13.2 Å². The maximum atomic E-state index is 12.2. The number of rotatable bonds is 5. The smallest absolute Gasteiger partial charge is 0.406 e. The normalized spacial score (nSPS) is 13.2. The molecule has 2 rings (SSSR count). The summed E-state index contributed by atoms with van der Waals surface area (Å²) in [7, 11) is 0. The topological polar surface area (TPSA) is 34.2 Å². The van der Waals surface area contributed by atoms with Crippen LogP contribution in [0.15, 0.2) is 30.5 Å². The van der Waals surface area contributed by atoms with Gasteiger partial charge in [0.25, 0.3) is 0 Å². The summed E-state index contributed by atoms with van der Waals surface area (Å²) in [4.78, 5) is 4.10. The zero-order valence-corrected chi connectivity index (χ0v) is 11.9. The second kappa shape index (κ2) is 6.20. The molecule has 114 valence electrons. The quantitative estimate of drug-likeness (QED) is 0.866. The van der Waals surface area contributed by atoms with Crippen LogP contribution in [-0.2, 0) is 0 Å². The SMILES string of the molecule is CCCC(C)Nc1ccnc2cc(OC(F)(F)F)ccc12. The maximum absolute atomic E-state index is 12.2. The van der Waals surface area contributed by atoms with Crippen molar-refractivity contribution in [2.45, 2.75) is 39.1 Å². The van der Waals surface area contributed by atoms with Crippen molar-refractivity contribution in [2.24, 2.45) is 0 Å². The highest BCUT2D eigenvalue weighted by Gasteiger charge is 2.31. The van der Waals surface area contributed by atoms with Crippen molar-refractivity contribution in [3.8, 4) is 5.75 Å². The van der Waals surface area contributed by atoms with Gasteiger partial charge in [0.2, 0.25) is 0 Å². The van der Waals surface area contributed by atoms with Gasteiger partial charge in [0, 0.05) is 29.4 Å². The Bertz CT molecular complexity index is 613. The van der Waals surface area contributed by atoms with Gasteiger partial charge in [-0.2, -0.15) is 0 Å². The van der Waals surface area contributed by atoms with Crippen LogP contribution in [0.3, 0.4) is 0 Å². The van der Waals surface area contributed by atoms with E-state index in [0.29, 0.717) is 5.52 Å². The molecule has 3 nitrogen and oxygen atoms in total. The van der Waals surface area contributed by atoms with Crippen molar-refractivity contribution in [3.63, 3.8) is 0 Å². The first kappa shape index (κ1) is 15.4. The summed E-state index contributed by atoms with van der Waals surface area (Å²) >= 11 is 0. The molecule has 6 heteroatoms. The summed E-state index contributed by atoms with van der Waals surface area (Å²) in [5.74, 6) is -0.263. The molecule has 1 N–H and O–H groups in total. The first-order valence-electron chi connectivity index (χ1n) is 6.80. The molecule has 0 radical (unpaired) electrons. The largest absolute Gasteiger partial charge is 0.573 e. The predicted molar refractivity (Wildman–Crippen MR) is 76.4 cm³/mol. The van der Waals surface area contributed by atoms with Crippen LogP contribution in [0.4, 0.5) is 18.9 Å². The van der Waals surface area contributed by atoms with Gasteiger partial charge in [-0.1, -0.05) is 13.3 Å². The number of benzene rings is 1. The van der Waals surface area contributed by atoms with Crippen molar-refractivity contribution in [2.75, 3.05) is 5.32 Å². The zero-order chi connectivity index (χ0) is 15.5. The minimum Gasteiger partial charge on any atom is -0.406 e. The third kappa shape index (κ3) is 4.24. The van der Waals surface area contributed by atoms with Gasteiger partial charge in [0.1, 0.15) is 5.75 Å². The van der Waals surface area contributed by atoms with Crippen molar-refractivity contribution in [1.29, 1.82) is 0 Å². The van der Waals surface area contributed by atoms with Crippen LogP contribution in [0.1, 0.15) is 26.7 Å². The van der Waals surface area contributed by atoms with Crippen molar-refractivity contribution in [1.82, 2.24) is 4.98 Å². The average Bonchev–Trinajstić information content (AvgIpc) is 2.37. The lowest BCUT2D eigenvalue weighted by Gasteiger charge is -2.16. The van der Waals surface area contributed by atoms with E-state index in [1.54, 1.807) is 12.3 Å². The number of hydrogen-bond acceptors (Lipinski definition) is 3. The van der Waals surface area contributed by atoms with Gasteiger partial charge in [0.15, 0.2) is 0 Å². The molecule has 1 heterocycles. The van der Waals surface area contributed by atoms with Crippen LogP contribution in [0.5, 0.6) is 5.75 Å². The minimum atomic E-state index is -4.70. The molecule has 1 atom stereocenters. The number of alkyl halides is 3. The van der Waals surface area contributed by atoms with Crippen molar-refractivity contribution < 1.29 is 17.9 Å². The number of aromatic nitrogens is 1. The molecule has 1 aromatic carbocycles. The van der Waals surface area contributed by atoms with Crippen LogP contribution in [0.25, 0.3) is 10.9 Å². The van der Waals surface area contributed by atoms with Gasteiger partial charge in [-0.25, -0.2) is 0 Å². The lowest BCUT2D eigenvalue weighted by molar-refractivity contribution is -0.274.